The van der Waals surface area contributed by atoms with E-state index in [2.05, 4.69) is 21.7 Å². The van der Waals surface area contributed by atoms with Crippen molar-refractivity contribution < 1.29 is 17.9 Å². The average molecular weight is 551 g/mol. The van der Waals surface area contributed by atoms with Gasteiger partial charge in [0.15, 0.2) is 0 Å². The van der Waals surface area contributed by atoms with E-state index < -0.39 is 10.0 Å². The third-order valence-corrected chi connectivity index (χ3v) is 8.47. The number of sulfonamides is 1. The normalized spacial score (nSPS) is 15.0. The number of hydrogen-bond donors (Lipinski definition) is 1. The number of halogens is 2. The van der Waals surface area contributed by atoms with Crippen molar-refractivity contribution in [3.8, 4) is 11.5 Å². The smallest absolute Gasteiger partial charge is 0.262 e. The number of ether oxygens (including phenoxy) is 2. The first-order chi connectivity index (χ1) is 17.2. The number of nitrogens with zero attached hydrogens (tertiary/aromatic N) is 2. The zero-order valence-electron chi connectivity index (χ0n) is 20.2. The Morgan fingerprint density at radius 1 is 1.06 bits per heavy atom. The summed E-state index contributed by atoms with van der Waals surface area (Å²) in [5, 5.41) is 0.915. The zero-order valence-corrected chi connectivity index (χ0v) is 22.5. The van der Waals surface area contributed by atoms with Crippen molar-refractivity contribution >= 4 is 38.9 Å². The van der Waals surface area contributed by atoms with Gasteiger partial charge in [-0.15, -0.1) is 0 Å². The lowest BCUT2D eigenvalue weighted by atomic mass is 9.98. The first-order valence-corrected chi connectivity index (χ1v) is 13.9. The summed E-state index contributed by atoms with van der Waals surface area (Å²) in [5.41, 5.74) is 1.53. The van der Waals surface area contributed by atoms with Crippen LogP contribution in [0.5, 0.6) is 11.5 Å². The van der Waals surface area contributed by atoms with Gasteiger partial charge in [-0.3, -0.25) is 9.71 Å². The lowest BCUT2D eigenvalue weighted by Gasteiger charge is -2.28. The average Bonchev–Trinajstić information content (AvgIpc) is 2.86. The lowest BCUT2D eigenvalue weighted by Crippen LogP contribution is -2.32. The van der Waals surface area contributed by atoms with Crippen molar-refractivity contribution in [2.75, 3.05) is 31.5 Å². The minimum absolute atomic E-state index is 0.0916. The number of benzene rings is 2. The minimum atomic E-state index is -3.90. The quantitative estimate of drug-likeness (QED) is 0.363. The second kappa shape index (κ2) is 11.7. The molecule has 10 heteroatoms. The van der Waals surface area contributed by atoms with Gasteiger partial charge in [-0.25, -0.2) is 8.42 Å². The van der Waals surface area contributed by atoms with Crippen LogP contribution in [-0.2, 0) is 16.6 Å². The predicted molar refractivity (Wildman–Crippen MR) is 143 cm³/mol. The Bertz CT molecular complexity index is 1310. The number of aromatic nitrogens is 1. The summed E-state index contributed by atoms with van der Waals surface area (Å²) in [6, 6.07) is 11.8. The molecule has 1 aliphatic heterocycles. The van der Waals surface area contributed by atoms with E-state index >= 15 is 0 Å². The highest BCUT2D eigenvalue weighted by Crippen LogP contribution is 2.31. The summed E-state index contributed by atoms with van der Waals surface area (Å²) >= 11 is 12.5. The van der Waals surface area contributed by atoms with Crippen LogP contribution in [0.4, 0.5) is 5.69 Å². The molecule has 0 spiro atoms. The highest BCUT2D eigenvalue weighted by molar-refractivity contribution is 7.92. The van der Waals surface area contributed by atoms with Crippen LogP contribution in [0.15, 0.2) is 59.8 Å². The maximum absolute atomic E-state index is 13.0. The predicted octanol–water partition coefficient (Wildman–Crippen LogP) is 5.80. The van der Waals surface area contributed by atoms with Crippen molar-refractivity contribution in [3.63, 3.8) is 0 Å². The molecule has 2 heterocycles. The van der Waals surface area contributed by atoms with Crippen LogP contribution in [0.2, 0.25) is 10.0 Å². The molecule has 1 fully saturated rings. The van der Waals surface area contributed by atoms with Crippen LogP contribution in [-0.4, -0.2) is 45.0 Å². The van der Waals surface area contributed by atoms with Gasteiger partial charge in [-0.1, -0.05) is 35.3 Å². The van der Waals surface area contributed by atoms with Crippen LogP contribution in [0.25, 0.3) is 0 Å². The van der Waals surface area contributed by atoms with Crippen molar-refractivity contribution in [3.05, 3.63) is 76.0 Å². The molecule has 0 unspecified atom stereocenters. The Hall–Kier alpha value is -2.52. The number of rotatable bonds is 9. The van der Waals surface area contributed by atoms with Gasteiger partial charge >= 0.3 is 0 Å². The van der Waals surface area contributed by atoms with Crippen molar-refractivity contribution in [1.29, 1.82) is 0 Å². The fraction of sp³-hybridized carbons (Fsp3) is 0.346. The van der Waals surface area contributed by atoms with E-state index in [1.807, 2.05) is 12.1 Å². The molecule has 2 aromatic carbocycles. The molecule has 3 aromatic rings. The molecular formula is C26H29Cl2N3O4S. The number of hydrogen-bond acceptors (Lipinski definition) is 6. The molecule has 0 amide bonds. The van der Waals surface area contributed by atoms with E-state index in [9.17, 15) is 8.42 Å². The Labute approximate surface area is 222 Å². The van der Waals surface area contributed by atoms with E-state index in [1.54, 1.807) is 31.2 Å². The first-order valence-electron chi connectivity index (χ1n) is 11.7. The molecule has 0 bridgehead atoms. The van der Waals surface area contributed by atoms with Gasteiger partial charge in [-0.2, -0.15) is 0 Å². The molecule has 4 rings (SSSR count). The topological polar surface area (TPSA) is 80.8 Å². The van der Waals surface area contributed by atoms with E-state index in [0.717, 1.165) is 31.5 Å². The number of nitrogens with one attached hydrogen (secondary N) is 1. The Morgan fingerprint density at radius 3 is 2.61 bits per heavy atom. The Kier molecular flexibility index (Phi) is 8.62. The molecule has 7 nitrogen and oxygen atoms in total. The molecule has 0 saturated carbocycles. The summed E-state index contributed by atoms with van der Waals surface area (Å²) in [6.07, 6.45) is 5.15. The fourth-order valence-electron chi connectivity index (χ4n) is 4.01. The zero-order chi connectivity index (χ0) is 25.7. The molecule has 1 aliphatic rings. The molecule has 1 saturated heterocycles. The molecule has 1 aromatic heterocycles. The summed E-state index contributed by atoms with van der Waals surface area (Å²) < 4.78 is 40.6. The summed E-state index contributed by atoms with van der Waals surface area (Å²) in [7, 11) is -1.77. The molecule has 1 N–H and O–H groups in total. The van der Waals surface area contributed by atoms with Crippen LogP contribution in [0.1, 0.15) is 24.0 Å². The number of pyridine rings is 1. The van der Waals surface area contributed by atoms with Gasteiger partial charge in [0.2, 0.25) is 0 Å². The van der Waals surface area contributed by atoms with E-state index in [-0.39, 0.29) is 17.2 Å². The van der Waals surface area contributed by atoms with Crippen LogP contribution in [0.3, 0.4) is 0 Å². The van der Waals surface area contributed by atoms with Gasteiger partial charge in [0.1, 0.15) is 23.8 Å². The highest BCUT2D eigenvalue weighted by atomic mass is 35.5. The van der Waals surface area contributed by atoms with Crippen LogP contribution < -0.4 is 14.2 Å². The largest absolute Gasteiger partial charge is 0.492 e. The minimum Gasteiger partial charge on any atom is -0.492 e. The van der Waals surface area contributed by atoms with Crippen molar-refractivity contribution in [1.82, 2.24) is 9.88 Å². The van der Waals surface area contributed by atoms with Gasteiger partial charge in [0.25, 0.3) is 10.0 Å². The van der Waals surface area contributed by atoms with E-state index in [1.165, 1.54) is 18.5 Å². The lowest BCUT2D eigenvalue weighted by molar-refractivity contribution is 0.160. The van der Waals surface area contributed by atoms with Crippen molar-refractivity contribution in [2.24, 2.45) is 5.92 Å². The standard InChI is InChI=1S/C26H29Cl2N3O4S/c1-18-21(27)4-3-5-26(18)36(32,33)30-23-15-29-11-8-24(23)34-17-20-6-7-22(28)25(14-20)35-16-19-9-12-31(2)13-10-19/h3-8,11,14-15,19,30H,9-10,12-13,16-17H2,1-2H3. The molecule has 0 radical (unpaired) electrons. The maximum atomic E-state index is 13.0. The molecule has 0 atom stereocenters. The first kappa shape index (κ1) is 26.5. The van der Waals surface area contributed by atoms with Crippen LogP contribution >= 0.6 is 23.2 Å². The SMILES string of the molecule is Cc1c(Cl)cccc1S(=O)(=O)Nc1cnccc1OCc1ccc(Cl)c(OCC2CCN(C)CC2)c1. The molecular weight excluding hydrogens is 521 g/mol. The van der Waals surface area contributed by atoms with E-state index in [0.29, 0.717) is 39.6 Å². The van der Waals surface area contributed by atoms with Crippen molar-refractivity contribution in [2.45, 2.75) is 31.3 Å². The third-order valence-electron chi connectivity index (χ3n) is 6.24. The fourth-order valence-corrected chi connectivity index (χ4v) is 5.73. The second-order valence-electron chi connectivity index (χ2n) is 8.95. The van der Waals surface area contributed by atoms with Gasteiger partial charge in [0.05, 0.1) is 22.7 Å². The summed E-state index contributed by atoms with van der Waals surface area (Å²) in [6.45, 7) is 4.62. The molecule has 0 aliphatic carbocycles. The molecule has 36 heavy (non-hydrogen) atoms. The van der Waals surface area contributed by atoms with E-state index in [4.69, 9.17) is 32.7 Å². The second-order valence-corrected chi connectivity index (χ2v) is 11.4. The summed E-state index contributed by atoms with van der Waals surface area (Å²) in [5.74, 6) is 1.47. The Morgan fingerprint density at radius 2 is 1.83 bits per heavy atom. The summed E-state index contributed by atoms with van der Waals surface area (Å²) in [4.78, 5) is 6.46. The number of piperidine rings is 1. The monoisotopic (exact) mass is 549 g/mol. The highest BCUT2D eigenvalue weighted by Gasteiger charge is 2.21. The van der Waals surface area contributed by atoms with Gasteiger partial charge in [-0.05, 0) is 81.2 Å². The Balaban J connectivity index is 1.43. The maximum Gasteiger partial charge on any atom is 0.262 e. The molecule has 192 valence electrons. The van der Waals surface area contributed by atoms with Gasteiger partial charge in [0, 0.05) is 17.3 Å². The van der Waals surface area contributed by atoms with Gasteiger partial charge < -0.3 is 14.4 Å². The van der Waals surface area contributed by atoms with Crippen LogP contribution in [0, 0.1) is 12.8 Å². The number of likely N-dealkylation sites (tertiary alicyclic amines) is 1. The number of anilines is 1. The third kappa shape index (κ3) is 6.62.